The lowest BCUT2D eigenvalue weighted by atomic mass is 10.1. The average molecular weight is 253 g/mol. The number of anilines is 1. The summed E-state index contributed by atoms with van der Waals surface area (Å²) < 4.78 is 29.7. The summed E-state index contributed by atoms with van der Waals surface area (Å²) in [6, 6.07) is 5.09. The molecule has 1 aromatic rings. The number of rotatable bonds is 1. The first-order valence-electron chi connectivity index (χ1n) is 5.69. The van der Waals surface area contributed by atoms with Gasteiger partial charge in [0.05, 0.1) is 23.4 Å². The summed E-state index contributed by atoms with van der Waals surface area (Å²) in [5.41, 5.74) is 0.651. The molecule has 2 aliphatic rings. The van der Waals surface area contributed by atoms with E-state index in [1.807, 2.05) is 0 Å². The second-order valence-corrected chi connectivity index (χ2v) is 6.93. The smallest absolute Gasteiger partial charge is 0.181 e. The number of methoxy groups -OCH3 is 1. The van der Waals surface area contributed by atoms with Gasteiger partial charge in [-0.1, -0.05) is 0 Å². The van der Waals surface area contributed by atoms with E-state index in [0.29, 0.717) is 16.3 Å². The molecule has 1 aliphatic carbocycles. The van der Waals surface area contributed by atoms with Crippen LogP contribution >= 0.6 is 0 Å². The van der Waals surface area contributed by atoms with Crippen molar-refractivity contribution in [2.24, 2.45) is 5.41 Å². The molecule has 1 saturated carbocycles. The van der Waals surface area contributed by atoms with E-state index < -0.39 is 9.84 Å². The number of hydrogen-bond acceptors (Lipinski definition) is 4. The Morgan fingerprint density at radius 2 is 2.12 bits per heavy atom. The molecule has 0 atom stereocenters. The lowest BCUT2D eigenvalue weighted by molar-refractivity contribution is 0.414. The normalized spacial score (nSPS) is 23.4. The Labute approximate surface area is 101 Å². The fraction of sp³-hybridized carbons (Fsp3) is 0.500. The Morgan fingerprint density at radius 1 is 1.35 bits per heavy atom. The van der Waals surface area contributed by atoms with Crippen molar-refractivity contribution < 1.29 is 13.2 Å². The standard InChI is InChI=1S/C12H15NO3S/c1-16-9-2-3-11-10(6-9)13-7-12(4-5-12)8-17(11,14)15/h2-3,6,13H,4-5,7-8H2,1H3. The first-order valence-corrected chi connectivity index (χ1v) is 7.35. The van der Waals surface area contributed by atoms with Gasteiger partial charge in [0.2, 0.25) is 0 Å². The van der Waals surface area contributed by atoms with Gasteiger partial charge in [-0.25, -0.2) is 8.42 Å². The summed E-state index contributed by atoms with van der Waals surface area (Å²) in [6.45, 7) is 0.742. The molecule has 1 aromatic carbocycles. The van der Waals surface area contributed by atoms with Gasteiger partial charge < -0.3 is 10.1 Å². The van der Waals surface area contributed by atoms with E-state index in [-0.39, 0.29) is 11.2 Å². The molecule has 1 aliphatic heterocycles. The average Bonchev–Trinajstić information content (AvgIpc) is 3.06. The predicted octanol–water partition coefficient (Wildman–Crippen LogP) is 1.67. The Hall–Kier alpha value is -1.23. The summed E-state index contributed by atoms with van der Waals surface area (Å²) in [4.78, 5) is 0.405. The van der Waals surface area contributed by atoms with Crippen LogP contribution in [0.4, 0.5) is 5.69 Å². The third kappa shape index (κ3) is 1.78. The van der Waals surface area contributed by atoms with Gasteiger partial charge in [-0.15, -0.1) is 0 Å². The van der Waals surface area contributed by atoms with Crippen molar-refractivity contribution in [2.45, 2.75) is 17.7 Å². The van der Waals surface area contributed by atoms with Crippen LogP contribution in [0.5, 0.6) is 5.75 Å². The summed E-state index contributed by atoms with van der Waals surface area (Å²) in [5.74, 6) is 0.949. The predicted molar refractivity (Wildman–Crippen MR) is 65.2 cm³/mol. The molecule has 0 saturated heterocycles. The highest BCUT2D eigenvalue weighted by molar-refractivity contribution is 7.91. The lowest BCUT2D eigenvalue weighted by Crippen LogP contribution is -2.20. The molecule has 0 radical (unpaired) electrons. The topological polar surface area (TPSA) is 55.4 Å². The molecular formula is C12H15NO3S. The highest BCUT2D eigenvalue weighted by Crippen LogP contribution is 2.50. The molecule has 5 heteroatoms. The third-order valence-corrected chi connectivity index (χ3v) is 5.65. The van der Waals surface area contributed by atoms with Gasteiger partial charge in [-0.2, -0.15) is 0 Å². The van der Waals surface area contributed by atoms with Crippen LogP contribution in [0.1, 0.15) is 12.8 Å². The van der Waals surface area contributed by atoms with Gasteiger partial charge in [0.15, 0.2) is 9.84 Å². The van der Waals surface area contributed by atoms with Gasteiger partial charge in [0, 0.05) is 18.0 Å². The summed E-state index contributed by atoms with van der Waals surface area (Å²) in [5, 5.41) is 3.25. The molecule has 0 bridgehead atoms. The van der Waals surface area contributed by atoms with Crippen LogP contribution in [0.25, 0.3) is 0 Å². The molecular weight excluding hydrogens is 238 g/mol. The highest BCUT2D eigenvalue weighted by atomic mass is 32.2. The van der Waals surface area contributed by atoms with Gasteiger partial charge in [0.25, 0.3) is 0 Å². The number of sulfone groups is 1. The second-order valence-electron chi connectivity index (χ2n) is 4.97. The van der Waals surface area contributed by atoms with Crippen LogP contribution in [-0.2, 0) is 9.84 Å². The number of fused-ring (bicyclic) bond motifs is 1. The Bertz CT molecular complexity index is 561. The van der Waals surface area contributed by atoms with Crippen LogP contribution in [0.15, 0.2) is 23.1 Å². The Balaban J connectivity index is 2.10. The number of nitrogens with one attached hydrogen (secondary N) is 1. The maximum atomic E-state index is 12.3. The van der Waals surface area contributed by atoms with E-state index in [2.05, 4.69) is 5.32 Å². The zero-order chi connectivity index (χ0) is 12.1. The molecule has 1 heterocycles. The summed E-state index contributed by atoms with van der Waals surface area (Å²) in [6.07, 6.45) is 2.01. The second kappa shape index (κ2) is 3.38. The highest BCUT2D eigenvalue weighted by Gasteiger charge is 2.48. The van der Waals surface area contributed by atoms with Crippen LogP contribution in [-0.4, -0.2) is 27.8 Å². The van der Waals surface area contributed by atoms with Crippen molar-refractivity contribution in [1.82, 2.24) is 0 Å². The largest absolute Gasteiger partial charge is 0.497 e. The monoisotopic (exact) mass is 253 g/mol. The van der Waals surface area contributed by atoms with Crippen molar-refractivity contribution in [2.75, 3.05) is 24.7 Å². The van der Waals surface area contributed by atoms with Crippen LogP contribution in [0.2, 0.25) is 0 Å². The first-order chi connectivity index (χ1) is 8.05. The summed E-state index contributed by atoms with van der Waals surface area (Å²) in [7, 11) is -1.59. The van der Waals surface area contributed by atoms with Crippen molar-refractivity contribution in [3.63, 3.8) is 0 Å². The Morgan fingerprint density at radius 3 is 2.76 bits per heavy atom. The molecule has 1 spiro atoms. The van der Waals surface area contributed by atoms with Crippen LogP contribution < -0.4 is 10.1 Å². The Kier molecular flexibility index (Phi) is 2.17. The zero-order valence-electron chi connectivity index (χ0n) is 9.69. The quantitative estimate of drug-likeness (QED) is 0.827. The third-order valence-electron chi connectivity index (χ3n) is 3.63. The van der Waals surface area contributed by atoms with Gasteiger partial charge >= 0.3 is 0 Å². The maximum Gasteiger partial charge on any atom is 0.181 e. The van der Waals surface area contributed by atoms with E-state index in [4.69, 9.17) is 4.74 Å². The van der Waals surface area contributed by atoms with Crippen LogP contribution in [0.3, 0.4) is 0 Å². The van der Waals surface area contributed by atoms with Crippen molar-refractivity contribution in [3.8, 4) is 5.75 Å². The molecule has 92 valence electrons. The van der Waals surface area contributed by atoms with E-state index in [0.717, 1.165) is 19.4 Å². The van der Waals surface area contributed by atoms with Crippen molar-refractivity contribution in [3.05, 3.63) is 18.2 Å². The number of ether oxygens (including phenoxy) is 1. The van der Waals surface area contributed by atoms with E-state index >= 15 is 0 Å². The number of hydrogen-bond donors (Lipinski definition) is 1. The van der Waals surface area contributed by atoms with Gasteiger partial charge in [-0.3, -0.25) is 0 Å². The fourth-order valence-electron chi connectivity index (χ4n) is 2.36. The lowest BCUT2D eigenvalue weighted by Gasteiger charge is -2.10. The molecule has 0 amide bonds. The zero-order valence-corrected chi connectivity index (χ0v) is 10.5. The van der Waals surface area contributed by atoms with Gasteiger partial charge in [0.1, 0.15) is 5.75 Å². The maximum absolute atomic E-state index is 12.3. The SMILES string of the molecule is COc1ccc2c(c1)NCC1(CC1)CS2(=O)=O. The molecule has 4 nitrogen and oxygen atoms in total. The molecule has 1 N–H and O–H groups in total. The minimum absolute atomic E-state index is 0.0227. The number of benzene rings is 1. The molecule has 0 unspecified atom stereocenters. The first kappa shape index (κ1) is 10.9. The molecule has 17 heavy (non-hydrogen) atoms. The van der Waals surface area contributed by atoms with Crippen LogP contribution in [0, 0.1) is 5.41 Å². The van der Waals surface area contributed by atoms with Crippen molar-refractivity contribution >= 4 is 15.5 Å². The van der Waals surface area contributed by atoms with E-state index in [1.54, 1.807) is 25.3 Å². The minimum atomic E-state index is -3.17. The van der Waals surface area contributed by atoms with E-state index in [9.17, 15) is 8.42 Å². The molecule has 3 rings (SSSR count). The van der Waals surface area contributed by atoms with Crippen molar-refractivity contribution in [1.29, 1.82) is 0 Å². The minimum Gasteiger partial charge on any atom is -0.497 e. The fourth-order valence-corrected chi connectivity index (χ4v) is 4.45. The summed E-state index contributed by atoms with van der Waals surface area (Å²) >= 11 is 0. The van der Waals surface area contributed by atoms with E-state index in [1.165, 1.54) is 0 Å². The van der Waals surface area contributed by atoms with Gasteiger partial charge in [-0.05, 0) is 25.0 Å². The molecule has 1 fully saturated rings. The molecule has 0 aromatic heterocycles.